The highest BCUT2D eigenvalue weighted by atomic mass is 16.7. The summed E-state index contributed by atoms with van der Waals surface area (Å²) < 4.78 is 11.0. The van der Waals surface area contributed by atoms with Crippen LogP contribution < -0.4 is 5.32 Å². The van der Waals surface area contributed by atoms with Crippen LogP contribution in [-0.2, 0) is 19.1 Å². The number of aliphatic hydroxyl groups is 3. The molecule has 5 unspecified atom stereocenters. The molecule has 0 spiro atoms. The molecule has 134 valence electrons. The van der Waals surface area contributed by atoms with Crippen LogP contribution in [0.2, 0.25) is 0 Å². The van der Waals surface area contributed by atoms with E-state index < -0.39 is 37.3 Å². The van der Waals surface area contributed by atoms with Gasteiger partial charge in [0.15, 0.2) is 6.29 Å². The Morgan fingerprint density at radius 3 is 2.39 bits per heavy atom. The molecule has 1 amide bonds. The number of amides is 1. The largest absolute Gasteiger partial charge is 0.394 e. The second-order valence-corrected chi connectivity index (χ2v) is 5.82. The standard InChI is InChI=1S/C15H27NO7/c1-9(18)6-4-3-5-7-22-15-12(16-10(2)19)14(21)13(20)11(8-17)23-15/h11-15,17,20-21H,3-8H2,1-2H3,(H,16,19). The zero-order valence-electron chi connectivity index (χ0n) is 13.6. The van der Waals surface area contributed by atoms with Crippen molar-refractivity contribution in [1.29, 1.82) is 0 Å². The van der Waals surface area contributed by atoms with E-state index >= 15 is 0 Å². The molecule has 0 aromatic carbocycles. The summed E-state index contributed by atoms with van der Waals surface area (Å²) >= 11 is 0. The van der Waals surface area contributed by atoms with Crippen molar-refractivity contribution in [1.82, 2.24) is 5.32 Å². The zero-order valence-corrected chi connectivity index (χ0v) is 13.6. The topological polar surface area (TPSA) is 125 Å². The highest BCUT2D eigenvalue weighted by molar-refractivity contribution is 5.75. The molecule has 1 heterocycles. The highest BCUT2D eigenvalue weighted by Crippen LogP contribution is 2.22. The summed E-state index contributed by atoms with van der Waals surface area (Å²) in [5, 5.41) is 31.6. The number of nitrogens with one attached hydrogen (secondary N) is 1. The van der Waals surface area contributed by atoms with Crippen LogP contribution in [-0.4, -0.2) is 70.9 Å². The van der Waals surface area contributed by atoms with Crippen molar-refractivity contribution in [2.75, 3.05) is 13.2 Å². The summed E-state index contributed by atoms with van der Waals surface area (Å²) in [7, 11) is 0. The lowest BCUT2D eigenvalue weighted by Crippen LogP contribution is -2.64. The summed E-state index contributed by atoms with van der Waals surface area (Å²) in [6, 6.07) is -0.914. The maximum Gasteiger partial charge on any atom is 0.217 e. The van der Waals surface area contributed by atoms with E-state index in [9.17, 15) is 24.9 Å². The highest BCUT2D eigenvalue weighted by Gasteiger charge is 2.45. The van der Waals surface area contributed by atoms with Crippen molar-refractivity contribution >= 4 is 11.7 Å². The summed E-state index contributed by atoms with van der Waals surface area (Å²) in [5.41, 5.74) is 0. The van der Waals surface area contributed by atoms with E-state index in [-0.39, 0.29) is 11.7 Å². The van der Waals surface area contributed by atoms with Crippen LogP contribution in [0.3, 0.4) is 0 Å². The maximum atomic E-state index is 11.2. The van der Waals surface area contributed by atoms with Gasteiger partial charge in [0.2, 0.25) is 5.91 Å². The van der Waals surface area contributed by atoms with Crippen LogP contribution in [0.5, 0.6) is 0 Å². The van der Waals surface area contributed by atoms with Crippen molar-refractivity contribution in [2.45, 2.75) is 70.2 Å². The number of ether oxygens (including phenoxy) is 2. The Labute approximate surface area is 135 Å². The van der Waals surface area contributed by atoms with Crippen molar-refractivity contribution in [3.8, 4) is 0 Å². The molecule has 23 heavy (non-hydrogen) atoms. The Hall–Kier alpha value is -1.06. The van der Waals surface area contributed by atoms with Gasteiger partial charge in [0, 0.05) is 20.0 Å². The minimum atomic E-state index is -1.31. The van der Waals surface area contributed by atoms with Crippen LogP contribution in [0.25, 0.3) is 0 Å². The van der Waals surface area contributed by atoms with Gasteiger partial charge < -0.3 is 34.9 Å². The molecule has 0 bridgehead atoms. The predicted octanol–water partition coefficient (Wildman–Crippen LogP) is -0.904. The lowest BCUT2D eigenvalue weighted by molar-refractivity contribution is -0.270. The fourth-order valence-electron chi connectivity index (χ4n) is 2.47. The van der Waals surface area contributed by atoms with Crippen LogP contribution in [0, 0.1) is 0 Å². The molecule has 4 N–H and O–H groups in total. The van der Waals surface area contributed by atoms with Gasteiger partial charge in [0.25, 0.3) is 0 Å². The van der Waals surface area contributed by atoms with Gasteiger partial charge in [-0.2, -0.15) is 0 Å². The van der Waals surface area contributed by atoms with E-state index in [1.807, 2.05) is 0 Å². The molecule has 1 fully saturated rings. The van der Waals surface area contributed by atoms with Gasteiger partial charge in [0.05, 0.1) is 6.61 Å². The number of ketones is 1. The van der Waals surface area contributed by atoms with E-state index in [1.165, 1.54) is 6.92 Å². The molecule has 8 nitrogen and oxygen atoms in total. The van der Waals surface area contributed by atoms with E-state index in [0.717, 1.165) is 12.8 Å². The Morgan fingerprint density at radius 2 is 1.83 bits per heavy atom. The summed E-state index contributed by atoms with van der Waals surface area (Å²) in [4.78, 5) is 22.1. The molecule has 5 atom stereocenters. The third-order valence-corrected chi connectivity index (χ3v) is 3.71. The van der Waals surface area contributed by atoms with Gasteiger partial charge in [-0.05, 0) is 19.8 Å². The second-order valence-electron chi connectivity index (χ2n) is 5.82. The molecule has 0 aromatic heterocycles. The lowest BCUT2D eigenvalue weighted by atomic mass is 9.97. The number of rotatable bonds is 9. The van der Waals surface area contributed by atoms with Gasteiger partial charge >= 0.3 is 0 Å². The van der Waals surface area contributed by atoms with Gasteiger partial charge in [0.1, 0.15) is 30.1 Å². The van der Waals surface area contributed by atoms with E-state index in [4.69, 9.17) is 9.47 Å². The van der Waals surface area contributed by atoms with Crippen molar-refractivity contribution in [3.05, 3.63) is 0 Å². The molecule has 8 heteroatoms. The van der Waals surface area contributed by atoms with E-state index in [0.29, 0.717) is 19.4 Å². The number of carbonyl (C=O) groups excluding carboxylic acids is 2. The molecule has 0 aromatic rings. The molecule has 1 aliphatic heterocycles. The molecule has 1 aliphatic rings. The van der Waals surface area contributed by atoms with Crippen molar-refractivity contribution in [2.24, 2.45) is 0 Å². The quantitative estimate of drug-likeness (QED) is 0.403. The Bertz CT molecular complexity index is 390. The van der Waals surface area contributed by atoms with Gasteiger partial charge in [-0.3, -0.25) is 4.79 Å². The SMILES string of the molecule is CC(=O)CCCCCOC1OC(CO)C(O)C(O)C1NC(C)=O. The first-order valence-electron chi connectivity index (χ1n) is 7.87. The fourth-order valence-corrected chi connectivity index (χ4v) is 2.47. The van der Waals surface area contributed by atoms with Gasteiger partial charge in [-0.25, -0.2) is 0 Å². The van der Waals surface area contributed by atoms with Crippen molar-refractivity contribution in [3.63, 3.8) is 0 Å². The first-order chi connectivity index (χ1) is 10.9. The molecule has 1 rings (SSSR count). The number of hydrogen-bond acceptors (Lipinski definition) is 7. The first kappa shape index (κ1) is 20.0. The number of aliphatic hydroxyl groups excluding tert-OH is 3. The minimum Gasteiger partial charge on any atom is -0.394 e. The number of unbranched alkanes of at least 4 members (excludes halogenated alkanes) is 2. The second kappa shape index (κ2) is 9.94. The van der Waals surface area contributed by atoms with Gasteiger partial charge in [-0.1, -0.05) is 6.42 Å². The van der Waals surface area contributed by atoms with Crippen molar-refractivity contribution < 1.29 is 34.4 Å². The van der Waals surface area contributed by atoms with Crippen LogP contribution in [0.15, 0.2) is 0 Å². The van der Waals surface area contributed by atoms with E-state index in [2.05, 4.69) is 5.32 Å². The summed E-state index contributed by atoms with van der Waals surface area (Å²) in [5.74, 6) is -0.238. The van der Waals surface area contributed by atoms with Crippen LogP contribution in [0.1, 0.15) is 39.5 Å². The molecular weight excluding hydrogens is 306 g/mol. The average molecular weight is 333 g/mol. The average Bonchev–Trinajstić information content (AvgIpc) is 2.48. The number of Topliss-reactive ketones (excluding diaryl/α,β-unsaturated/α-hetero) is 1. The number of hydrogen-bond donors (Lipinski definition) is 4. The van der Waals surface area contributed by atoms with Crippen LogP contribution >= 0.6 is 0 Å². The molecular formula is C15H27NO7. The predicted molar refractivity (Wildman–Crippen MR) is 80.5 cm³/mol. The lowest BCUT2D eigenvalue weighted by Gasteiger charge is -2.42. The Kier molecular flexibility index (Phi) is 8.64. The minimum absolute atomic E-state index is 0.148. The maximum absolute atomic E-state index is 11.2. The van der Waals surface area contributed by atoms with E-state index in [1.54, 1.807) is 6.92 Å². The molecule has 0 aliphatic carbocycles. The normalized spacial score (nSPS) is 30.9. The first-order valence-corrected chi connectivity index (χ1v) is 7.87. The monoisotopic (exact) mass is 333 g/mol. The molecule has 0 saturated carbocycles. The molecule has 0 radical (unpaired) electrons. The zero-order chi connectivity index (χ0) is 17.4. The summed E-state index contributed by atoms with van der Waals surface area (Å²) in [6.45, 7) is 2.69. The smallest absolute Gasteiger partial charge is 0.217 e. The Balaban J connectivity index is 2.49. The number of carbonyl (C=O) groups is 2. The Morgan fingerprint density at radius 1 is 1.13 bits per heavy atom. The third kappa shape index (κ3) is 6.52. The summed E-state index contributed by atoms with van der Waals surface area (Å²) in [6.07, 6.45) is -1.72. The third-order valence-electron chi connectivity index (χ3n) is 3.71. The van der Waals surface area contributed by atoms with Crippen LogP contribution in [0.4, 0.5) is 0 Å². The molecule has 1 saturated heterocycles. The fraction of sp³-hybridized carbons (Fsp3) is 0.867. The van der Waals surface area contributed by atoms with Gasteiger partial charge in [-0.15, -0.1) is 0 Å².